The van der Waals surface area contributed by atoms with Crippen molar-refractivity contribution in [2.24, 2.45) is 5.73 Å². The molecule has 63 heavy (non-hydrogen) atoms. The minimum absolute atomic E-state index is 0. The molecule has 1 radical (unpaired) electrons. The predicted octanol–water partition coefficient (Wildman–Crippen LogP) is 12.1. The third kappa shape index (κ3) is 34.7. The van der Waals surface area contributed by atoms with E-state index in [1.54, 1.807) is 80.3 Å². The molecule has 0 bridgehead atoms. The van der Waals surface area contributed by atoms with Crippen LogP contribution in [0.25, 0.3) is 0 Å². The van der Waals surface area contributed by atoms with Gasteiger partial charge in [-0.1, -0.05) is 110 Å². The summed E-state index contributed by atoms with van der Waals surface area (Å²) in [6.45, 7) is 11.7. The number of alkyl carbamates (subject to hydrolysis) is 2. The van der Waals surface area contributed by atoms with Gasteiger partial charge in [-0.2, -0.15) is 0 Å². The van der Waals surface area contributed by atoms with Gasteiger partial charge in [-0.25, -0.2) is 9.59 Å². The number of nitrogens with one attached hydrogen (secondary N) is 2. The average molecular weight is 1300 g/mol. The second kappa shape index (κ2) is 37.7. The van der Waals surface area contributed by atoms with Gasteiger partial charge in [-0.3, -0.25) is 0 Å². The average Bonchev–Trinajstić information content (AvgIpc) is 3.19. The number of nitrogens with two attached hydrogens (primary N) is 1. The maximum atomic E-state index is 11.8. The van der Waals surface area contributed by atoms with Crippen LogP contribution in [-0.4, -0.2) is 85.6 Å². The Morgan fingerprint density at radius 2 is 0.937 bits per heavy atom. The molecule has 0 aliphatic carbocycles. The van der Waals surface area contributed by atoms with Gasteiger partial charge in [0, 0.05) is 42.6 Å². The zero-order valence-corrected chi connectivity index (χ0v) is 46.6. The summed E-state index contributed by atoms with van der Waals surface area (Å²) < 4.78 is 28.6. The number of alkyl halides is 1. The van der Waals surface area contributed by atoms with Gasteiger partial charge in [0.2, 0.25) is 0 Å². The molecule has 20 heteroatoms. The summed E-state index contributed by atoms with van der Waals surface area (Å²) in [5.74, 6) is 0. The molecule has 5 N–H and O–H groups in total. The van der Waals surface area contributed by atoms with Crippen LogP contribution in [-0.2, 0) is 84.9 Å². The molecule has 11 nitrogen and oxygen atoms in total. The van der Waals surface area contributed by atoms with Crippen LogP contribution in [0.3, 0.4) is 0 Å². The second-order valence-corrected chi connectivity index (χ2v) is 17.8. The Morgan fingerprint density at radius 3 is 1.24 bits per heavy atom. The Morgan fingerprint density at radius 1 is 0.619 bits per heavy atom. The fourth-order valence-corrected chi connectivity index (χ4v) is 5.93. The molecule has 0 aliphatic heterocycles. The molecular formula is C43H62Ag2Cl6IN3O8. The summed E-state index contributed by atoms with van der Waals surface area (Å²) in [5, 5.41) is 18.0. The van der Waals surface area contributed by atoms with Gasteiger partial charge in [-0.15, -0.1) is 0 Å². The number of benzene rings is 3. The van der Waals surface area contributed by atoms with Crippen LogP contribution in [0, 0.1) is 0 Å². The molecule has 0 heterocycles. The van der Waals surface area contributed by atoms with Crippen molar-refractivity contribution < 1.29 is 80.3 Å². The summed E-state index contributed by atoms with van der Waals surface area (Å²) in [4.78, 5) is 25.5. The summed E-state index contributed by atoms with van der Waals surface area (Å²) in [5.41, 5.74) is 7.93. The minimum atomic E-state index is -0.562. The molecule has 3 rings (SSSR count). The van der Waals surface area contributed by atoms with Crippen molar-refractivity contribution in [3.63, 3.8) is 0 Å². The first-order chi connectivity index (χ1) is 29.0. The number of aliphatic hydroxyl groups is 1. The first-order valence-corrected chi connectivity index (χ1v) is 24.2. The van der Waals surface area contributed by atoms with Crippen molar-refractivity contribution in [2.75, 3.05) is 39.0 Å². The number of aryl methyl sites for hydroxylation is 3. The van der Waals surface area contributed by atoms with E-state index in [2.05, 4.69) is 33.2 Å². The Bertz CT molecular complexity index is 1730. The van der Waals surface area contributed by atoms with Crippen molar-refractivity contribution in [1.82, 2.24) is 10.6 Å². The van der Waals surface area contributed by atoms with Gasteiger partial charge in [0.15, 0.2) is 0 Å². The van der Waals surface area contributed by atoms with E-state index >= 15 is 0 Å². The van der Waals surface area contributed by atoms with Gasteiger partial charge in [0.05, 0.1) is 62.0 Å². The fourth-order valence-electron chi connectivity index (χ4n) is 4.97. The van der Waals surface area contributed by atoms with E-state index in [1.807, 2.05) is 56.0 Å². The molecule has 0 spiro atoms. The number of hydrogen-bond acceptors (Lipinski definition) is 9. The second-order valence-electron chi connectivity index (χ2n) is 15.4. The molecular weight excluding hydrogens is 1240 g/mol. The van der Waals surface area contributed by atoms with Gasteiger partial charge in [0.25, 0.3) is 0 Å². The van der Waals surface area contributed by atoms with Crippen LogP contribution in [0.2, 0.25) is 30.1 Å². The summed E-state index contributed by atoms with van der Waals surface area (Å²) in [7, 11) is 3.25. The Labute approximate surface area is 446 Å². The third-order valence-corrected chi connectivity index (χ3v) is 9.95. The van der Waals surface area contributed by atoms with E-state index < -0.39 is 23.4 Å². The van der Waals surface area contributed by atoms with Crippen molar-refractivity contribution in [1.29, 1.82) is 0 Å². The first kappa shape index (κ1) is 67.1. The predicted molar refractivity (Wildman–Crippen MR) is 260 cm³/mol. The third-order valence-electron chi connectivity index (χ3n) is 7.73. The van der Waals surface area contributed by atoms with Crippen LogP contribution in [0.15, 0.2) is 54.6 Å². The number of amides is 2. The number of rotatable bonds is 16. The Balaban J connectivity index is -0.000000829. The van der Waals surface area contributed by atoms with Crippen LogP contribution >= 0.6 is 92.2 Å². The molecule has 3 aromatic rings. The van der Waals surface area contributed by atoms with E-state index in [4.69, 9.17) is 97.5 Å². The summed E-state index contributed by atoms with van der Waals surface area (Å²) in [6, 6.07) is 16.1. The number of ether oxygens (including phenoxy) is 4. The molecule has 0 aliphatic rings. The molecule has 3 atom stereocenters. The number of aliphatic hydroxyl groups excluding tert-OH is 1. The van der Waals surface area contributed by atoms with E-state index in [0.717, 1.165) is 36.0 Å². The maximum absolute atomic E-state index is 11.8. The van der Waals surface area contributed by atoms with E-state index in [9.17, 15) is 14.7 Å². The van der Waals surface area contributed by atoms with E-state index in [0.29, 0.717) is 62.6 Å². The zero-order chi connectivity index (χ0) is 48.1. The number of hydrogen-bond donors (Lipinski definition) is 4. The van der Waals surface area contributed by atoms with Crippen molar-refractivity contribution in [3.05, 3.63) is 101 Å². The molecule has 0 saturated carbocycles. The SMILES string of the molecule is CC(C)(C)OC(=O)N[C@H](CO)CCc1ccc(Cl)c(Cl)c1.CI.COC[C@@H](N)CCc1ccc(Cl)c(Cl)c1.COC[C@H](CCc1ccc(Cl)c(Cl)c1)NC(=O)OC(C)(C)C.[Ag].[O]=[Ag]. The van der Waals surface area contributed by atoms with Gasteiger partial charge in [-0.05, 0) is 138 Å². The quantitative estimate of drug-likeness (QED) is 0.0622. The standard InChI is InChI=1S/C16H23Cl2NO3.C15H21Cl2NO3.C11H15Cl2NO.CH3I.2Ag.O/c1-16(2,3)22-15(20)19-12(10-21-4)7-5-11-6-8-13(17)14(18)9-11;1-15(2,3)21-14(20)18-11(9-19)6-4-10-5-7-12(16)13(17)8-10;1-15-7-9(14)4-2-8-3-5-10(12)11(13)6-8;1-2;;;/h6,8-9,12H,5,7,10H2,1-4H3,(H,19,20);5,7-8,11,19H,4,6,9H2,1-3H3,(H,18,20);3,5-6,9H,2,4,7,14H2,1H3;1H3;;;/t12-;11-;9-;;;;/m000..../s1. The van der Waals surface area contributed by atoms with Crippen LogP contribution in [0.5, 0.6) is 0 Å². The Kier molecular flexibility index (Phi) is 40.2. The van der Waals surface area contributed by atoms with Crippen molar-refractivity contribution in [3.8, 4) is 0 Å². The Hall–Kier alpha value is -0.209. The van der Waals surface area contributed by atoms with Crippen molar-refractivity contribution >= 4 is 104 Å². The molecule has 0 aromatic heterocycles. The number of halogens is 7. The number of carbonyl (C=O) groups is 2. The monoisotopic (exact) mass is 1300 g/mol. The molecule has 368 valence electrons. The van der Waals surface area contributed by atoms with Gasteiger partial charge >= 0.3 is 36.5 Å². The van der Waals surface area contributed by atoms with Gasteiger partial charge < -0.3 is 40.4 Å². The molecule has 0 fully saturated rings. The summed E-state index contributed by atoms with van der Waals surface area (Å²) >= 11 is 39.3. The van der Waals surface area contributed by atoms with Crippen molar-refractivity contribution in [2.45, 2.75) is 109 Å². The number of methoxy groups -OCH3 is 2. The van der Waals surface area contributed by atoms with Crippen LogP contribution in [0.1, 0.15) is 77.5 Å². The topological polar surface area (TPSA) is 158 Å². The molecule has 3 aromatic carbocycles. The van der Waals surface area contributed by atoms with Gasteiger partial charge in [0.1, 0.15) is 11.2 Å². The molecule has 0 unspecified atom stereocenters. The van der Waals surface area contributed by atoms with E-state index in [-0.39, 0.29) is 47.1 Å². The van der Waals surface area contributed by atoms with E-state index in [1.165, 1.54) is 0 Å². The van der Waals surface area contributed by atoms with Crippen LogP contribution in [0.4, 0.5) is 9.59 Å². The fraction of sp³-hybridized carbons (Fsp3) is 0.535. The number of carbonyl (C=O) groups excluding carboxylic acids is 2. The first-order valence-electron chi connectivity index (χ1n) is 19.2. The summed E-state index contributed by atoms with van der Waals surface area (Å²) in [6.07, 6.45) is 3.50. The van der Waals surface area contributed by atoms with Crippen LogP contribution < -0.4 is 16.4 Å². The molecule has 2 amide bonds. The zero-order valence-electron chi connectivity index (χ0n) is 36.9. The molecule has 0 saturated heterocycles. The normalized spacial score (nSPS) is 12.0.